The fourth-order valence-corrected chi connectivity index (χ4v) is 2.94. The van der Waals surface area contributed by atoms with Crippen LogP contribution in [0.15, 0.2) is 0 Å². The van der Waals surface area contributed by atoms with Crippen LogP contribution in [0.4, 0.5) is 0 Å². The van der Waals surface area contributed by atoms with Gasteiger partial charge in [0, 0.05) is 0 Å². The highest BCUT2D eigenvalue weighted by molar-refractivity contribution is 6.18. The lowest BCUT2D eigenvalue weighted by Crippen LogP contribution is -2.05. The summed E-state index contributed by atoms with van der Waals surface area (Å²) in [5, 5.41) is 28.3. The van der Waals surface area contributed by atoms with Crippen molar-refractivity contribution in [3.05, 3.63) is 34.2 Å². The molecular formula is C22H5N9. The first kappa shape index (κ1) is 18.7. The van der Waals surface area contributed by atoms with E-state index in [-0.39, 0.29) is 67.3 Å². The molecule has 0 amide bonds. The average Bonchev–Trinajstić information content (AvgIpc) is 2.82. The van der Waals surface area contributed by atoms with Crippen LogP contribution in [0.2, 0.25) is 0 Å². The van der Waals surface area contributed by atoms with E-state index in [1.807, 2.05) is 18.2 Å². The summed E-state index contributed by atoms with van der Waals surface area (Å²) in [5.41, 5.74) is 0.828. The second kappa shape index (κ2) is 7.09. The van der Waals surface area contributed by atoms with Gasteiger partial charge in [0.15, 0.2) is 22.8 Å². The molecule has 3 aromatic heterocycles. The predicted octanol–water partition coefficient (Wildman–Crippen LogP) is 1.47. The molecule has 0 aliphatic carbocycles. The van der Waals surface area contributed by atoms with Gasteiger partial charge in [0.25, 0.3) is 0 Å². The number of benzene rings is 1. The lowest BCUT2D eigenvalue weighted by molar-refractivity contribution is 1.17. The van der Waals surface area contributed by atoms with E-state index in [0.717, 1.165) is 0 Å². The van der Waals surface area contributed by atoms with Crippen LogP contribution in [-0.2, 0) is 0 Å². The molecule has 0 aliphatic rings. The van der Waals surface area contributed by atoms with E-state index in [1.165, 1.54) is 0 Å². The molecule has 0 unspecified atom stereocenters. The van der Waals surface area contributed by atoms with Crippen LogP contribution in [0.3, 0.4) is 0 Å². The number of terminal acetylenes is 2. The molecule has 3 heterocycles. The topological polar surface area (TPSA) is 149 Å². The summed E-state index contributed by atoms with van der Waals surface area (Å²) in [7, 11) is 0. The molecule has 0 radical (unpaired) electrons. The third-order valence-electron chi connectivity index (χ3n) is 4.19. The number of aromatic nitrogens is 6. The third kappa shape index (κ3) is 2.69. The lowest BCUT2D eigenvalue weighted by Gasteiger charge is -2.09. The monoisotopic (exact) mass is 395 g/mol. The number of fused-ring (bicyclic) bond motifs is 6. The zero-order chi connectivity index (χ0) is 22.1. The Balaban J connectivity index is 2.41. The van der Waals surface area contributed by atoms with Gasteiger partial charge in [-0.05, 0) is 24.7 Å². The highest BCUT2D eigenvalue weighted by atomic mass is 14.9. The van der Waals surface area contributed by atoms with Crippen molar-refractivity contribution in [2.24, 2.45) is 0 Å². The third-order valence-corrected chi connectivity index (χ3v) is 4.19. The molecular weight excluding hydrogens is 390 g/mol. The Labute approximate surface area is 175 Å². The largest absolute Gasteiger partial charge is 0.232 e. The van der Waals surface area contributed by atoms with Crippen molar-refractivity contribution >= 4 is 33.1 Å². The first-order chi connectivity index (χ1) is 15.1. The molecule has 138 valence electrons. The standard InChI is InChI=1S/C22H5N9/c1-4-7-13-16(10-25)31-22-19(28-13)20-17(26-11(5-2)14(8-23)29-20)18-21(22)30-15(9-24)12(6-3)27-18/h2-3H,1H3. The Hall–Kier alpha value is -5.61. The van der Waals surface area contributed by atoms with Gasteiger partial charge >= 0.3 is 0 Å². The normalized spacial score (nSPS) is 9.68. The van der Waals surface area contributed by atoms with Crippen LogP contribution in [0, 0.1) is 70.5 Å². The summed E-state index contributed by atoms with van der Waals surface area (Å²) in [6.07, 6.45) is 11.0. The summed E-state index contributed by atoms with van der Waals surface area (Å²) in [4.78, 5) is 26.1. The number of hydrogen-bond donors (Lipinski definition) is 0. The van der Waals surface area contributed by atoms with Crippen molar-refractivity contribution in [1.29, 1.82) is 15.8 Å². The minimum atomic E-state index is -0.104. The Morgan fingerprint density at radius 2 is 0.806 bits per heavy atom. The van der Waals surface area contributed by atoms with Crippen molar-refractivity contribution in [2.45, 2.75) is 6.92 Å². The van der Waals surface area contributed by atoms with Gasteiger partial charge in [-0.15, -0.1) is 12.8 Å². The molecule has 4 rings (SSSR count). The van der Waals surface area contributed by atoms with Gasteiger partial charge in [0.2, 0.25) is 0 Å². The molecule has 0 fully saturated rings. The summed E-state index contributed by atoms with van der Waals surface area (Å²) >= 11 is 0. The van der Waals surface area contributed by atoms with Crippen molar-refractivity contribution in [3.63, 3.8) is 0 Å². The molecule has 0 bridgehead atoms. The fourth-order valence-electron chi connectivity index (χ4n) is 2.94. The summed E-state index contributed by atoms with van der Waals surface area (Å²) < 4.78 is 0. The fraction of sp³-hybridized carbons (Fsp3) is 0.0455. The Kier molecular flexibility index (Phi) is 4.28. The van der Waals surface area contributed by atoms with Crippen LogP contribution in [0.25, 0.3) is 33.1 Å². The molecule has 4 aromatic rings. The van der Waals surface area contributed by atoms with Gasteiger partial charge in [-0.25, -0.2) is 29.9 Å². The zero-order valence-corrected chi connectivity index (χ0v) is 15.7. The van der Waals surface area contributed by atoms with E-state index in [0.29, 0.717) is 0 Å². The van der Waals surface area contributed by atoms with Gasteiger partial charge in [-0.1, -0.05) is 5.92 Å². The van der Waals surface area contributed by atoms with E-state index in [2.05, 4.69) is 53.6 Å². The average molecular weight is 395 g/mol. The Bertz CT molecular complexity index is 1700. The van der Waals surface area contributed by atoms with E-state index in [9.17, 15) is 15.8 Å². The Morgan fingerprint density at radius 3 is 1.10 bits per heavy atom. The zero-order valence-electron chi connectivity index (χ0n) is 15.7. The van der Waals surface area contributed by atoms with Crippen LogP contribution in [0.1, 0.15) is 41.1 Å². The van der Waals surface area contributed by atoms with Crippen molar-refractivity contribution in [2.75, 3.05) is 0 Å². The van der Waals surface area contributed by atoms with Gasteiger partial charge in [-0.3, -0.25) is 0 Å². The molecule has 0 aliphatic heterocycles. The second-order valence-electron chi connectivity index (χ2n) is 5.85. The van der Waals surface area contributed by atoms with Gasteiger partial charge in [0.05, 0.1) is 0 Å². The van der Waals surface area contributed by atoms with E-state index >= 15 is 0 Å². The van der Waals surface area contributed by atoms with Crippen LogP contribution >= 0.6 is 0 Å². The summed E-state index contributed by atoms with van der Waals surface area (Å²) in [6, 6.07) is 5.73. The van der Waals surface area contributed by atoms with Crippen LogP contribution in [-0.4, -0.2) is 29.9 Å². The quantitative estimate of drug-likeness (QED) is 0.318. The molecule has 9 heteroatoms. The van der Waals surface area contributed by atoms with E-state index in [4.69, 9.17) is 12.8 Å². The molecule has 0 saturated heterocycles. The second-order valence-corrected chi connectivity index (χ2v) is 5.85. The minimum absolute atomic E-state index is 0.000699. The number of nitriles is 3. The van der Waals surface area contributed by atoms with Gasteiger partial charge < -0.3 is 0 Å². The van der Waals surface area contributed by atoms with E-state index in [1.54, 1.807) is 6.92 Å². The molecule has 31 heavy (non-hydrogen) atoms. The predicted molar refractivity (Wildman–Crippen MR) is 108 cm³/mol. The maximum atomic E-state index is 9.49. The van der Waals surface area contributed by atoms with E-state index < -0.39 is 0 Å². The van der Waals surface area contributed by atoms with Gasteiger partial charge in [-0.2, -0.15) is 15.8 Å². The highest BCUT2D eigenvalue weighted by Gasteiger charge is 2.22. The molecule has 0 spiro atoms. The summed E-state index contributed by atoms with van der Waals surface area (Å²) in [5.74, 6) is 10.0. The first-order valence-electron chi connectivity index (χ1n) is 8.43. The minimum Gasteiger partial charge on any atom is -0.232 e. The lowest BCUT2D eigenvalue weighted by atomic mass is 10.1. The molecule has 0 atom stereocenters. The molecule has 1 aromatic carbocycles. The van der Waals surface area contributed by atoms with Crippen LogP contribution in [0.5, 0.6) is 0 Å². The molecule has 0 saturated carbocycles. The number of hydrogen-bond acceptors (Lipinski definition) is 9. The van der Waals surface area contributed by atoms with Crippen LogP contribution < -0.4 is 0 Å². The first-order valence-corrected chi connectivity index (χ1v) is 8.43. The maximum Gasteiger partial charge on any atom is 0.175 e. The number of nitrogens with zero attached hydrogens (tertiary/aromatic N) is 9. The molecule has 9 nitrogen and oxygen atoms in total. The highest BCUT2D eigenvalue weighted by Crippen LogP contribution is 2.31. The number of rotatable bonds is 0. The smallest absolute Gasteiger partial charge is 0.175 e. The Morgan fingerprint density at radius 1 is 0.516 bits per heavy atom. The van der Waals surface area contributed by atoms with Gasteiger partial charge in [0.1, 0.15) is 62.7 Å². The van der Waals surface area contributed by atoms with Crippen molar-refractivity contribution < 1.29 is 0 Å². The van der Waals surface area contributed by atoms with Crippen molar-refractivity contribution in [1.82, 2.24) is 29.9 Å². The summed E-state index contributed by atoms with van der Waals surface area (Å²) in [6.45, 7) is 1.59. The molecule has 0 N–H and O–H groups in total. The SMILES string of the molecule is C#Cc1nc2c3nc(C#C)c(C#N)nc3c3nc(C#CC)c(C#N)nc3c2nc1C#N. The maximum absolute atomic E-state index is 9.49. The van der Waals surface area contributed by atoms with Crippen molar-refractivity contribution in [3.8, 4) is 54.7 Å².